The Balaban J connectivity index is 1.86. The molecule has 1 fully saturated rings. The van der Waals surface area contributed by atoms with E-state index in [0.717, 1.165) is 12.5 Å². The first-order valence-corrected chi connectivity index (χ1v) is 5.18. The third-order valence-corrected chi connectivity index (χ3v) is 3.36. The normalized spacial score (nSPS) is 41.2. The third kappa shape index (κ3) is 1.14. The molecule has 3 heteroatoms. The fraction of sp³-hybridized carbons (Fsp3) is 0.700. The molecule has 3 aliphatic rings. The Morgan fingerprint density at radius 2 is 2.46 bits per heavy atom. The molecular weight excluding hydrogens is 162 g/mol. The number of allylic oxidation sites excluding steroid dienone is 1. The molecule has 0 radical (unpaired) electrons. The molecule has 0 spiro atoms. The van der Waals surface area contributed by atoms with Gasteiger partial charge < -0.3 is 10.7 Å². The summed E-state index contributed by atoms with van der Waals surface area (Å²) in [5, 5.41) is 7.64. The summed E-state index contributed by atoms with van der Waals surface area (Å²) in [6, 6.07) is 0.577. The minimum absolute atomic E-state index is 0.539. The van der Waals surface area contributed by atoms with Gasteiger partial charge in [0.2, 0.25) is 0 Å². The Kier molecular flexibility index (Phi) is 1.57. The maximum Gasteiger partial charge on any atom is 0.0560 e. The molecule has 0 saturated carbocycles. The Labute approximate surface area is 78.3 Å². The van der Waals surface area contributed by atoms with Crippen LogP contribution in [0.15, 0.2) is 16.9 Å². The lowest BCUT2D eigenvalue weighted by atomic mass is 9.79. The Hall–Kier alpha value is -0.990. The van der Waals surface area contributed by atoms with Crippen LogP contribution < -0.4 is 10.7 Å². The molecule has 0 aromatic heterocycles. The van der Waals surface area contributed by atoms with E-state index in [0.29, 0.717) is 12.0 Å². The summed E-state index contributed by atoms with van der Waals surface area (Å²) >= 11 is 0. The van der Waals surface area contributed by atoms with Gasteiger partial charge in [0.1, 0.15) is 0 Å². The number of hydrogen-bond acceptors (Lipinski definition) is 3. The second-order valence-corrected chi connectivity index (χ2v) is 4.21. The fourth-order valence-electron chi connectivity index (χ4n) is 2.62. The minimum atomic E-state index is 0.539. The summed E-state index contributed by atoms with van der Waals surface area (Å²) in [5.41, 5.74) is 4.66. The minimum Gasteiger partial charge on any atom is -0.388 e. The second kappa shape index (κ2) is 2.76. The molecule has 2 N–H and O–H groups in total. The smallest absolute Gasteiger partial charge is 0.0560 e. The molecule has 2 aliphatic heterocycles. The Morgan fingerprint density at radius 1 is 1.46 bits per heavy atom. The van der Waals surface area contributed by atoms with Crippen LogP contribution >= 0.6 is 0 Å². The molecule has 70 valence electrons. The second-order valence-electron chi connectivity index (χ2n) is 4.21. The van der Waals surface area contributed by atoms with Gasteiger partial charge in [0.15, 0.2) is 0 Å². The van der Waals surface area contributed by atoms with Crippen LogP contribution in [0, 0.1) is 11.8 Å². The zero-order valence-corrected chi connectivity index (χ0v) is 7.66. The van der Waals surface area contributed by atoms with Gasteiger partial charge in [0, 0.05) is 30.3 Å². The highest BCUT2D eigenvalue weighted by Crippen LogP contribution is 2.33. The number of rotatable bonds is 0. The molecule has 0 aromatic carbocycles. The van der Waals surface area contributed by atoms with Crippen molar-refractivity contribution in [1.82, 2.24) is 10.7 Å². The maximum absolute atomic E-state index is 4.14. The first kappa shape index (κ1) is 7.42. The number of hydrogen-bond donors (Lipinski definition) is 2. The van der Waals surface area contributed by atoms with Crippen LogP contribution in [0.5, 0.6) is 0 Å². The van der Waals surface area contributed by atoms with Crippen molar-refractivity contribution in [2.24, 2.45) is 16.9 Å². The summed E-state index contributed by atoms with van der Waals surface area (Å²) in [7, 11) is 0. The molecule has 0 amide bonds. The molecule has 1 aliphatic carbocycles. The van der Waals surface area contributed by atoms with Crippen molar-refractivity contribution in [2.75, 3.05) is 6.54 Å². The predicted molar refractivity (Wildman–Crippen MR) is 52.3 cm³/mol. The molecule has 0 aromatic rings. The number of hydrazone groups is 1. The highest BCUT2D eigenvalue weighted by molar-refractivity contribution is 5.67. The zero-order valence-electron chi connectivity index (χ0n) is 7.66. The molecule has 3 nitrogen and oxygen atoms in total. The number of fused-ring (bicyclic) bond motifs is 2. The van der Waals surface area contributed by atoms with E-state index in [1.54, 1.807) is 0 Å². The van der Waals surface area contributed by atoms with Crippen LogP contribution in [0.25, 0.3) is 0 Å². The standard InChI is InChI=1S/C10H15N3/c1-2-7-4-10-8(6-12-13-10)5-9(7)11-3-1/h5-8,10-11,13H,1-4H2. The lowest BCUT2D eigenvalue weighted by Crippen LogP contribution is -2.39. The molecule has 13 heavy (non-hydrogen) atoms. The van der Waals surface area contributed by atoms with Crippen molar-refractivity contribution in [1.29, 1.82) is 0 Å². The van der Waals surface area contributed by atoms with Gasteiger partial charge in [-0.25, -0.2) is 0 Å². The molecule has 3 atom stereocenters. The molecule has 3 rings (SSSR count). The summed E-state index contributed by atoms with van der Waals surface area (Å²) in [4.78, 5) is 0. The average Bonchev–Trinajstić information content (AvgIpc) is 2.61. The van der Waals surface area contributed by atoms with Crippen molar-refractivity contribution in [2.45, 2.75) is 25.3 Å². The van der Waals surface area contributed by atoms with E-state index in [1.807, 2.05) is 6.21 Å². The van der Waals surface area contributed by atoms with E-state index in [4.69, 9.17) is 0 Å². The van der Waals surface area contributed by atoms with Gasteiger partial charge in [-0.05, 0) is 19.3 Å². The molecular formula is C10H15N3. The SMILES string of the molecule is C1=NNC2CC3CCCNC3=CC12. The lowest BCUT2D eigenvalue weighted by molar-refractivity contribution is 0.330. The topological polar surface area (TPSA) is 36.4 Å². The number of nitrogens with one attached hydrogen (secondary N) is 2. The van der Waals surface area contributed by atoms with Crippen LogP contribution in [-0.4, -0.2) is 18.8 Å². The maximum atomic E-state index is 4.14. The van der Waals surface area contributed by atoms with Gasteiger partial charge in [-0.2, -0.15) is 5.10 Å². The summed E-state index contributed by atoms with van der Waals surface area (Å²) in [6.07, 6.45) is 8.32. The van der Waals surface area contributed by atoms with E-state index >= 15 is 0 Å². The first-order valence-electron chi connectivity index (χ1n) is 5.18. The first-order chi connectivity index (χ1) is 6.43. The van der Waals surface area contributed by atoms with E-state index in [1.165, 1.54) is 25.0 Å². The summed E-state index contributed by atoms with van der Waals surface area (Å²) in [5.74, 6) is 1.31. The van der Waals surface area contributed by atoms with Crippen molar-refractivity contribution in [3.8, 4) is 0 Å². The van der Waals surface area contributed by atoms with E-state index in [2.05, 4.69) is 21.9 Å². The number of nitrogens with zero attached hydrogens (tertiary/aromatic N) is 1. The van der Waals surface area contributed by atoms with Crippen LogP contribution in [0.2, 0.25) is 0 Å². The van der Waals surface area contributed by atoms with Crippen molar-refractivity contribution >= 4 is 6.21 Å². The number of piperidine rings is 1. The van der Waals surface area contributed by atoms with Crippen LogP contribution in [-0.2, 0) is 0 Å². The van der Waals surface area contributed by atoms with E-state index in [9.17, 15) is 0 Å². The van der Waals surface area contributed by atoms with Crippen molar-refractivity contribution in [3.63, 3.8) is 0 Å². The Morgan fingerprint density at radius 3 is 3.46 bits per heavy atom. The van der Waals surface area contributed by atoms with Crippen LogP contribution in [0.3, 0.4) is 0 Å². The Bertz CT molecular complexity index is 269. The van der Waals surface area contributed by atoms with Crippen molar-refractivity contribution < 1.29 is 0 Å². The summed E-state index contributed by atoms with van der Waals surface area (Å²) < 4.78 is 0. The van der Waals surface area contributed by atoms with Crippen LogP contribution in [0.1, 0.15) is 19.3 Å². The van der Waals surface area contributed by atoms with Gasteiger partial charge in [0.25, 0.3) is 0 Å². The van der Waals surface area contributed by atoms with Gasteiger partial charge in [0.05, 0.1) is 6.04 Å². The molecule has 0 bridgehead atoms. The largest absolute Gasteiger partial charge is 0.388 e. The molecule has 3 unspecified atom stereocenters. The van der Waals surface area contributed by atoms with Crippen molar-refractivity contribution in [3.05, 3.63) is 11.8 Å². The van der Waals surface area contributed by atoms with Gasteiger partial charge in [-0.1, -0.05) is 6.08 Å². The lowest BCUT2D eigenvalue weighted by Gasteiger charge is -2.34. The highest BCUT2D eigenvalue weighted by atomic mass is 15.3. The molecule has 1 saturated heterocycles. The van der Waals surface area contributed by atoms with Crippen LogP contribution in [0.4, 0.5) is 0 Å². The fourth-order valence-corrected chi connectivity index (χ4v) is 2.62. The predicted octanol–water partition coefficient (Wildman–Crippen LogP) is 0.847. The van der Waals surface area contributed by atoms with E-state index < -0.39 is 0 Å². The van der Waals surface area contributed by atoms with Gasteiger partial charge >= 0.3 is 0 Å². The summed E-state index contributed by atoms with van der Waals surface area (Å²) in [6.45, 7) is 1.16. The highest BCUT2D eigenvalue weighted by Gasteiger charge is 2.33. The quantitative estimate of drug-likeness (QED) is 0.575. The third-order valence-electron chi connectivity index (χ3n) is 3.36. The van der Waals surface area contributed by atoms with Gasteiger partial charge in [-0.3, -0.25) is 0 Å². The molecule has 2 heterocycles. The van der Waals surface area contributed by atoms with Gasteiger partial charge in [-0.15, -0.1) is 0 Å². The average molecular weight is 177 g/mol. The zero-order chi connectivity index (χ0) is 8.67. The monoisotopic (exact) mass is 177 g/mol. The van der Waals surface area contributed by atoms with E-state index in [-0.39, 0.29) is 0 Å².